The van der Waals surface area contributed by atoms with Crippen LogP contribution in [0.25, 0.3) is 0 Å². The first-order valence-corrected chi connectivity index (χ1v) is 7.01. The summed E-state index contributed by atoms with van der Waals surface area (Å²) in [6, 6.07) is 0. The number of carbonyl (C=O) groups is 1. The zero-order chi connectivity index (χ0) is 12.9. The van der Waals surface area contributed by atoms with Crippen LogP contribution < -0.4 is 11.1 Å². The van der Waals surface area contributed by atoms with Gasteiger partial charge in [-0.15, -0.1) is 0 Å². The van der Waals surface area contributed by atoms with Crippen molar-refractivity contribution < 1.29 is 4.79 Å². The standard InChI is InChI=1S/C14H28N2O/c1-11(2)6-5-9-16-13(17)14(15)8-4-7-12(3)10-14/h11-12H,4-10,15H2,1-3H3,(H,16,17). The highest BCUT2D eigenvalue weighted by atomic mass is 16.2. The van der Waals surface area contributed by atoms with Crippen molar-refractivity contribution in [3.8, 4) is 0 Å². The number of nitrogens with one attached hydrogen (secondary N) is 1. The predicted molar refractivity (Wildman–Crippen MR) is 71.6 cm³/mol. The zero-order valence-electron chi connectivity index (χ0n) is 11.6. The molecule has 2 atom stereocenters. The maximum atomic E-state index is 12.1. The van der Waals surface area contributed by atoms with E-state index >= 15 is 0 Å². The summed E-state index contributed by atoms with van der Waals surface area (Å²) in [5, 5.41) is 3.00. The van der Waals surface area contributed by atoms with E-state index in [2.05, 4.69) is 26.1 Å². The second-order valence-electron chi connectivity index (χ2n) is 6.15. The van der Waals surface area contributed by atoms with Gasteiger partial charge in [-0.1, -0.05) is 33.6 Å². The van der Waals surface area contributed by atoms with Gasteiger partial charge in [0.15, 0.2) is 0 Å². The summed E-state index contributed by atoms with van der Waals surface area (Å²) < 4.78 is 0. The van der Waals surface area contributed by atoms with E-state index in [0.29, 0.717) is 11.8 Å². The molecule has 0 bridgehead atoms. The molecule has 17 heavy (non-hydrogen) atoms. The largest absolute Gasteiger partial charge is 0.355 e. The number of carbonyl (C=O) groups excluding carboxylic acids is 1. The lowest BCUT2D eigenvalue weighted by molar-refractivity contribution is -0.128. The summed E-state index contributed by atoms with van der Waals surface area (Å²) >= 11 is 0. The van der Waals surface area contributed by atoms with Crippen LogP contribution in [0.15, 0.2) is 0 Å². The van der Waals surface area contributed by atoms with Crippen molar-refractivity contribution in [2.75, 3.05) is 6.54 Å². The highest BCUT2D eigenvalue weighted by Gasteiger charge is 2.37. The van der Waals surface area contributed by atoms with Crippen molar-refractivity contribution in [3.63, 3.8) is 0 Å². The first-order chi connectivity index (χ1) is 7.94. The fraction of sp³-hybridized carbons (Fsp3) is 0.929. The van der Waals surface area contributed by atoms with Crippen molar-refractivity contribution in [1.29, 1.82) is 0 Å². The summed E-state index contributed by atoms with van der Waals surface area (Å²) in [6.45, 7) is 7.36. The molecule has 1 saturated carbocycles. The minimum atomic E-state index is -0.602. The molecule has 1 rings (SSSR count). The SMILES string of the molecule is CC(C)CCCNC(=O)C1(N)CCCC(C)C1. The van der Waals surface area contributed by atoms with E-state index in [1.54, 1.807) is 0 Å². The van der Waals surface area contributed by atoms with Gasteiger partial charge < -0.3 is 11.1 Å². The molecule has 3 heteroatoms. The number of rotatable bonds is 5. The minimum Gasteiger partial charge on any atom is -0.355 e. The van der Waals surface area contributed by atoms with Crippen LogP contribution in [0.1, 0.15) is 59.3 Å². The molecule has 0 aromatic heterocycles. The molecular weight excluding hydrogens is 212 g/mol. The lowest BCUT2D eigenvalue weighted by Gasteiger charge is -2.35. The third-order valence-corrected chi connectivity index (χ3v) is 3.73. The van der Waals surface area contributed by atoms with E-state index < -0.39 is 5.54 Å². The third kappa shape index (κ3) is 4.66. The van der Waals surface area contributed by atoms with Gasteiger partial charge in [0, 0.05) is 6.54 Å². The highest BCUT2D eigenvalue weighted by Crippen LogP contribution is 2.30. The Morgan fingerprint density at radius 3 is 2.82 bits per heavy atom. The molecule has 2 unspecified atom stereocenters. The van der Waals surface area contributed by atoms with Gasteiger partial charge in [0.25, 0.3) is 0 Å². The highest BCUT2D eigenvalue weighted by molar-refractivity contribution is 5.86. The van der Waals surface area contributed by atoms with E-state index in [9.17, 15) is 4.79 Å². The fourth-order valence-corrected chi connectivity index (χ4v) is 2.69. The Labute approximate surface area is 106 Å². The lowest BCUT2D eigenvalue weighted by atomic mass is 9.76. The zero-order valence-corrected chi connectivity index (χ0v) is 11.6. The van der Waals surface area contributed by atoms with Crippen LogP contribution in [-0.2, 0) is 4.79 Å². The van der Waals surface area contributed by atoms with Gasteiger partial charge in [-0.3, -0.25) is 4.79 Å². The maximum Gasteiger partial charge on any atom is 0.240 e. The Bertz CT molecular complexity index is 253. The molecule has 1 fully saturated rings. The number of amides is 1. The summed E-state index contributed by atoms with van der Waals surface area (Å²) in [5.41, 5.74) is 5.62. The molecule has 100 valence electrons. The van der Waals surface area contributed by atoms with Crippen LogP contribution in [0.2, 0.25) is 0 Å². The number of hydrogen-bond donors (Lipinski definition) is 2. The second-order valence-corrected chi connectivity index (χ2v) is 6.15. The fourth-order valence-electron chi connectivity index (χ4n) is 2.69. The smallest absolute Gasteiger partial charge is 0.240 e. The molecule has 0 aliphatic heterocycles. The molecule has 0 radical (unpaired) electrons. The third-order valence-electron chi connectivity index (χ3n) is 3.73. The van der Waals surface area contributed by atoms with E-state index in [1.807, 2.05) is 0 Å². The minimum absolute atomic E-state index is 0.0628. The van der Waals surface area contributed by atoms with E-state index in [1.165, 1.54) is 6.42 Å². The van der Waals surface area contributed by atoms with Crippen LogP contribution in [-0.4, -0.2) is 18.0 Å². The first kappa shape index (κ1) is 14.5. The number of hydrogen-bond acceptors (Lipinski definition) is 2. The van der Waals surface area contributed by atoms with Crippen molar-refractivity contribution in [1.82, 2.24) is 5.32 Å². The number of nitrogens with two attached hydrogens (primary N) is 1. The Hall–Kier alpha value is -0.570. The van der Waals surface area contributed by atoms with Crippen LogP contribution >= 0.6 is 0 Å². The first-order valence-electron chi connectivity index (χ1n) is 7.01. The molecule has 0 aromatic rings. The van der Waals surface area contributed by atoms with Crippen molar-refractivity contribution in [2.24, 2.45) is 17.6 Å². The molecular formula is C14H28N2O. The maximum absolute atomic E-state index is 12.1. The normalized spacial score (nSPS) is 29.4. The van der Waals surface area contributed by atoms with Gasteiger partial charge in [-0.2, -0.15) is 0 Å². The average molecular weight is 240 g/mol. The Kier molecular flexibility index (Phi) is 5.44. The van der Waals surface area contributed by atoms with Gasteiger partial charge in [0.2, 0.25) is 5.91 Å². The molecule has 1 aliphatic carbocycles. The van der Waals surface area contributed by atoms with Gasteiger partial charge in [-0.25, -0.2) is 0 Å². The predicted octanol–water partition coefficient (Wildman–Crippen LogP) is 2.45. The van der Waals surface area contributed by atoms with E-state index in [-0.39, 0.29) is 5.91 Å². The summed E-state index contributed by atoms with van der Waals surface area (Å²) in [4.78, 5) is 12.1. The molecule has 1 amide bonds. The van der Waals surface area contributed by atoms with E-state index in [0.717, 1.165) is 38.6 Å². The Balaban J connectivity index is 2.30. The van der Waals surface area contributed by atoms with Crippen molar-refractivity contribution in [2.45, 2.75) is 64.8 Å². The lowest BCUT2D eigenvalue weighted by Crippen LogP contribution is -2.56. The second kappa shape index (κ2) is 6.39. The molecule has 0 heterocycles. The van der Waals surface area contributed by atoms with Crippen LogP contribution in [0.3, 0.4) is 0 Å². The van der Waals surface area contributed by atoms with Crippen molar-refractivity contribution >= 4 is 5.91 Å². The van der Waals surface area contributed by atoms with Crippen molar-refractivity contribution in [3.05, 3.63) is 0 Å². The summed E-state index contributed by atoms with van der Waals surface area (Å²) in [7, 11) is 0. The van der Waals surface area contributed by atoms with Gasteiger partial charge in [-0.05, 0) is 37.5 Å². The topological polar surface area (TPSA) is 55.1 Å². The van der Waals surface area contributed by atoms with E-state index in [4.69, 9.17) is 5.73 Å². The van der Waals surface area contributed by atoms with Crippen LogP contribution in [0, 0.1) is 11.8 Å². The van der Waals surface area contributed by atoms with Gasteiger partial charge >= 0.3 is 0 Å². The molecule has 0 aromatic carbocycles. The molecule has 1 aliphatic rings. The average Bonchev–Trinajstić information content (AvgIpc) is 2.23. The summed E-state index contributed by atoms with van der Waals surface area (Å²) in [6.07, 6.45) is 6.18. The molecule has 0 saturated heterocycles. The Morgan fingerprint density at radius 1 is 1.53 bits per heavy atom. The Morgan fingerprint density at radius 2 is 2.24 bits per heavy atom. The van der Waals surface area contributed by atoms with Crippen LogP contribution in [0.4, 0.5) is 0 Å². The molecule has 3 N–H and O–H groups in total. The monoisotopic (exact) mass is 240 g/mol. The summed E-state index contributed by atoms with van der Waals surface area (Å²) in [5.74, 6) is 1.34. The van der Waals surface area contributed by atoms with Crippen LogP contribution in [0.5, 0.6) is 0 Å². The van der Waals surface area contributed by atoms with Gasteiger partial charge in [0.05, 0.1) is 5.54 Å². The molecule has 3 nitrogen and oxygen atoms in total. The van der Waals surface area contributed by atoms with Gasteiger partial charge in [0.1, 0.15) is 0 Å². The quantitative estimate of drug-likeness (QED) is 0.725. The molecule has 0 spiro atoms.